The zero-order chi connectivity index (χ0) is 37.5. The van der Waals surface area contributed by atoms with Crippen molar-refractivity contribution in [2.24, 2.45) is 10.9 Å². The molecule has 14 heteroatoms. The van der Waals surface area contributed by atoms with Crippen LogP contribution < -0.4 is 16.6 Å². The number of aromatic amines is 1. The van der Waals surface area contributed by atoms with Crippen LogP contribution in [0.2, 0.25) is 0 Å². The van der Waals surface area contributed by atoms with E-state index in [-0.39, 0.29) is 25.6 Å². The number of piperidine rings is 1. The Morgan fingerprint density at radius 2 is 1.60 bits per heavy atom. The highest BCUT2D eigenvalue weighted by molar-refractivity contribution is 5.84. The van der Waals surface area contributed by atoms with Crippen LogP contribution in [0.3, 0.4) is 0 Å². The number of amides is 2. The molecule has 2 amide bonds. The standard InChI is InChI=1S/C38H47N5O9/c1-24-19-42(32(45)41-30(24)44)31-28-29-37(50-31,23-48-20-25-14-10-8-11-15-25)22-38(29,49-21-26-16-12-9-13-17-26)43(28)27(40-34(47)52-36(5,6)7)18-39-33(46)51-35(2,3)4/h8-19,27-29,31H,20-23H2,1-7H3,(H,40,47)(H,41,44,45)/t27?,28-,29+,31-,37-,38-/m1/s1. The van der Waals surface area contributed by atoms with Gasteiger partial charge in [-0.15, -0.1) is 0 Å². The van der Waals surface area contributed by atoms with E-state index in [1.54, 1.807) is 48.5 Å². The highest BCUT2D eigenvalue weighted by atomic mass is 16.6. The molecule has 3 heterocycles. The molecule has 52 heavy (non-hydrogen) atoms. The zero-order valence-electron chi connectivity index (χ0n) is 30.6. The molecular formula is C38H47N5O9. The van der Waals surface area contributed by atoms with Gasteiger partial charge in [0, 0.05) is 24.4 Å². The van der Waals surface area contributed by atoms with Crippen molar-refractivity contribution in [1.29, 1.82) is 0 Å². The predicted octanol–water partition coefficient (Wildman–Crippen LogP) is 4.80. The van der Waals surface area contributed by atoms with E-state index in [0.717, 1.165) is 11.1 Å². The molecular weight excluding hydrogens is 670 g/mol. The molecule has 1 unspecified atom stereocenters. The van der Waals surface area contributed by atoms with Gasteiger partial charge < -0.3 is 29.0 Å². The first-order valence-electron chi connectivity index (χ1n) is 17.3. The molecule has 0 spiro atoms. The van der Waals surface area contributed by atoms with E-state index in [9.17, 15) is 19.2 Å². The van der Waals surface area contributed by atoms with Crippen molar-refractivity contribution in [2.45, 2.75) is 109 Å². The first kappa shape index (κ1) is 37.1. The molecule has 2 aliphatic heterocycles. The largest absolute Gasteiger partial charge is 0.444 e. The Morgan fingerprint density at radius 3 is 2.21 bits per heavy atom. The number of likely N-dealkylation sites (tertiary alicyclic amines) is 1. The number of nitrogens with zero attached hydrogens (tertiary/aromatic N) is 3. The van der Waals surface area contributed by atoms with Gasteiger partial charge in [0.1, 0.15) is 28.7 Å². The normalized spacial score (nSPS) is 25.9. The Morgan fingerprint density at radius 1 is 0.981 bits per heavy atom. The summed E-state index contributed by atoms with van der Waals surface area (Å²) in [5, 5.41) is 2.86. The van der Waals surface area contributed by atoms with Crippen molar-refractivity contribution in [3.63, 3.8) is 0 Å². The summed E-state index contributed by atoms with van der Waals surface area (Å²) in [6.45, 7) is 12.7. The summed E-state index contributed by atoms with van der Waals surface area (Å²) < 4.78 is 32.4. The fourth-order valence-corrected chi connectivity index (χ4v) is 7.35. The van der Waals surface area contributed by atoms with Crippen molar-refractivity contribution < 1.29 is 33.3 Å². The summed E-state index contributed by atoms with van der Waals surface area (Å²) in [6, 6.07) is 18.8. The maximum Gasteiger partial charge on any atom is 0.433 e. The van der Waals surface area contributed by atoms with E-state index in [1.807, 2.05) is 65.6 Å². The molecule has 3 fully saturated rings. The molecule has 6 atom stereocenters. The van der Waals surface area contributed by atoms with Gasteiger partial charge in [-0.3, -0.25) is 14.3 Å². The minimum Gasteiger partial charge on any atom is -0.444 e. The van der Waals surface area contributed by atoms with E-state index in [0.29, 0.717) is 12.2 Å². The molecule has 0 bridgehead atoms. The van der Waals surface area contributed by atoms with Crippen LogP contribution in [0.15, 0.2) is 81.4 Å². The molecule has 3 aromatic rings. The molecule has 2 saturated heterocycles. The van der Waals surface area contributed by atoms with Crippen LogP contribution in [0, 0.1) is 12.8 Å². The Hall–Kier alpha value is -4.63. The van der Waals surface area contributed by atoms with Gasteiger partial charge in [0.15, 0.2) is 6.23 Å². The summed E-state index contributed by atoms with van der Waals surface area (Å²) in [5.41, 5.74) is -2.58. The highest BCUT2D eigenvalue weighted by Gasteiger charge is 2.85. The van der Waals surface area contributed by atoms with Gasteiger partial charge >= 0.3 is 17.9 Å². The van der Waals surface area contributed by atoms with Crippen molar-refractivity contribution in [3.8, 4) is 0 Å². The second-order valence-corrected chi connectivity index (χ2v) is 15.6. The summed E-state index contributed by atoms with van der Waals surface area (Å²) >= 11 is 0. The molecule has 2 aromatic carbocycles. The third-order valence-electron chi connectivity index (χ3n) is 9.24. The number of aryl methyl sites for hydroxylation is 1. The Bertz CT molecular complexity index is 1920. The summed E-state index contributed by atoms with van der Waals surface area (Å²) in [7, 11) is 0. The number of benzene rings is 2. The average Bonchev–Trinajstić information content (AvgIpc) is 3.18. The van der Waals surface area contributed by atoms with Gasteiger partial charge in [-0.25, -0.2) is 19.3 Å². The molecule has 6 rings (SSSR count). The maximum absolute atomic E-state index is 13.4. The molecule has 14 nitrogen and oxygen atoms in total. The third kappa shape index (κ3) is 7.61. The lowest BCUT2D eigenvalue weighted by Gasteiger charge is -2.72. The quantitative estimate of drug-likeness (QED) is 0.264. The molecule has 2 N–H and O–H groups in total. The minimum atomic E-state index is -1.09. The molecule has 3 aliphatic rings. The summed E-state index contributed by atoms with van der Waals surface area (Å²) in [5.74, 6) is -0.374. The van der Waals surface area contributed by atoms with Crippen LogP contribution in [0.4, 0.5) is 9.59 Å². The minimum absolute atomic E-state index is 0.178. The third-order valence-corrected chi connectivity index (χ3v) is 9.24. The lowest BCUT2D eigenvalue weighted by Crippen LogP contribution is -2.89. The number of carbonyl (C=O) groups is 2. The van der Waals surface area contributed by atoms with Gasteiger partial charge in [0.2, 0.25) is 0 Å². The number of rotatable bonds is 11. The Labute approximate surface area is 302 Å². The number of alkyl carbamates (subject to hydrolysis) is 1. The fourth-order valence-electron chi connectivity index (χ4n) is 7.35. The number of hydrogen-bond acceptors (Lipinski definition) is 10. The first-order chi connectivity index (χ1) is 24.5. The Kier molecular flexibility index (Phi) is 10.0. The van der Waals surface area contributed by atoms with Crippen molar-refractivity contribution in [1.82, 2.24) is 19.8 Å². The molecule has 0 radical (unpaired) electrons. The number of aromatic nitrogens is 2. The molecule has 278 valence electrons. The van der Waals surface area contributed by atoms with Gasteiger partial charge in [0.25, 0.3) is 5.56 Å². The van der Waals surface area contributed by atoms with Crippen molar-refractivity contribution in [3.05, 3.63) is 104 Å². The van der Waals surface area contributed by atoms with Crippen molar-refractivity contribution in [2.75, 3.05) is 6.61 Å². The smallest absolute Gasteiger partial charge is 0.433 e. The summed E-state index contributed by atoms with van der Waals surface area (Å²) in [4.78, 5) is 60.4. The zero-order valence-corrected chi connectivity index (χ0v) is 30.6. The van der Waals surface area contributed by atoms with Crippen LogP contribution in [0.5, 0.6) is 0 Å². The topological polar surface area (TPSA) is 163 Å². The number of nitrogens with one attached hydrogen (secondary N) is 2. The highest BCUT2D eigenvalue weighted by Crippen LogP contribution is 2.71. The van der Waals surface area contributed by atoms with E-state index in [4.69, 9.17) is 23.7 Å². The second-order valence-electron chi connectivity index (χ2n) is 15.6. The lowest BCUT2D eigenvalue weighted by atomic mass is 9.53. The summed E-state index contributed by atoms with van der Waals surface area (Å²) in [6.07, 6.45) is -0.646. The predicted molar refractivity (Wildman–Crippen MR) is 191 cm³/mol. The van der Waals surface area contributed by atoms with Crippen molar-refractivity contribution >= 4 is 18.4 Å². The van der Waals surface area contributed by atoms with E-state index in [1.165, 1.54) is 17.0 Å². The molecule has 1 aromatic heterocycles. The number of hydrogen-bond donors (Lipinski definition) is 2. The maximum atomic E-state index is 13.4. The number of carbonyl (C=O) groups excluding carboxylic acids is 2. The van der Waals surface area contributed by atoms with E-state index in [2.05, 4.69) is 15.3 Å². The SMILES string of the molecule is Cc1cn([C@@H]2O[C@@]3(COCc4ccccc4)C[C@@]4(OCc5ccccc5)[C@H]3[C@H]2N4C(C=NC(=O)OC(C)(C)C)NC(=O)OC(C)(C)C)c(=O)[nH]c1=O. The fraction of sp³-hybridized carbons (Fsp3) is 0.500. The van der Waals surface area contributed by atoms with Gasteiger partial charge in [-0.1, -0.05) is 60.7 Å². The molecule has 1 saturated carbocycles. The number of ether oxygens (including phenoxy) is 5. The average molecular weight is 718 g/mol. The second kappa shape index (κ2) is 14.1. The Balaban J connectivity index is 1.42. The van der Waals surface area contributed by atoms with Crippen LogP contribution in [-0.4, -0.2) is 74.2 Å². The molecule has 1 aliphatic carbocycles. The van der Waals surface area contributed by atoms with Gasteiger partial charge in [-0.05, 0) is 59.6 Å². The van der Waals surface area contributed by atoms with Crippen LogP contribution in [-0.2, 0) is 36.9 Å². The number of aliphatic imine (C=N–C) groups is 1. The van der Waals surface area contributed by atoms with E-state index < -0.39 is 64.4 Å². The van der Waals surface area contributed by atoms with Crippen LogP contribution in [0.1, 0.15) is 70.9 Å². The monoisotopic (exact) mass is 717 g/mol. The van der Waals surface area contributed by atoms with Gasteiger partial charge in [-0.2, -0.15) is 4.99 Å². The van der Waals surface area contributed by atoms with Gasteiger partial charge in [0.05, 0.1) is 31.8 Å². The van der Waals surface area contributed by atoms with Crippen LogP contribution in [0.25, 0.3) is 0 Å². The number of H-pyrrole nitrogens is 1. The van der Waals surface area contributed by atoms with Crippen LogP contribution >= 0.6 is 0 Å². The first-order valence-corrected chi connectivity index (χ1v) is 17.3. The lowest BCUT2D eigenvalue weighted by molar-refractivity contribution is -0.386. The van der Waals surface area contributed by atoms with E-state index >= 15 is 0 Å².